The molecule has 0 N–H and O–H groups in total. The predicted octanol–water partition coefficient (Wildman–Crippen LogP) is 5.37. The van der Waals surface area contributed by atoms with E-state index >= 15 is 0 Å². The molecule has 5 saturated carbocycles. The Balaban J connectivity index is 1.72. The van der Waals surface area contributed by atoms with Crippen molar-refractivity contribution in [3.05, 3.63) is 12.2 Å². The summed E-state index contributed by atoms with van der Waals surface area (Å²) in [4.78, 5) is 12.6. The quantitative estimate of drug-likeness (QED) is 0.513. The number of ether oxygens (including phenoxy) is 1. The van der Waals surface area contributed by atoms with Crippen LogP contribution >= 0.6 is 0 Å². The third kappa shape index (κ3) is 2.39. The topological polar surface area (TPSA) is 26.3 Å². The molecule has 5 fully saturated rings. The number of rotatable bonds is 3. The zero-order valence-electron chi connectivity index (χ0n) is 15.7. The summed E-state index contributed by atoms with van der Waals surface area (Å²) in [6.45, 7) is 10.5. The lowest BCUT2D eigenvalue weighted by atomic mass is 9.45. The van der Waals surface area contributed by atoms with Crippen LogP contribution in [0.3, 0.4) is 0 Å². The first-order chi connectivity index (χ1) is 11.4. The number of esters is 1. The third-order valence-electron chi connectivity index (χ3n) is 8.32. The van der Waals surface area contributed by atoms with Crippen LogP contribution in [0.25, 0.3) is 0 Å². The van der Waals surface area contributed by atoms with E-state index in [0.717, 1.165) is 17.8 Å². The standard InChI is InChI=1S/C22H34O2/c1-13(2)21(23)24-22(20-7-5-6-14(3)15(20)4)18-9-16-8-17(11-18)12-19(22)10-16/h14-20H,1,5-12H2,2-4H3. The third-order valence-corrected chi connectivity index (χ3v) is 8.32. The molecule has 24 heavy (non-hydrogen) atoms. The summed E-state index contributed by atoms with van der Waals surface area (Å²) in [5.74, 6) is 4.86. The van der Waals surface area contributed by atoms with Gasteiger partial charge in [-0.2, -0.15) is 0 Å². The van der Waals surface area contributed by atoms with Crippen molar-refractivity contribution in [3.8, 4) is 0 Å². The van der Waals surface area contributed by atoms with E-state index in [1.807, 2.05) is 0 Å². The lowest BCUT2D eigenvalue weighted by Crippen LogP contribution is -2.65. The van der Waals surface area contributed by atoms with Gasteiger partial charge in [-0.15, -0.1) is 0 Å². The van der Waals surface area contributed by atoms with Crippen LogP contribution in [0, 0.1) is 41.4 Å². The molecule has 5 rings (SSSR count). The molecule has 5 aliphatic rings. The monoisotopic (exact) mass is 330 g/mol. The Morgan fingerprint density at radius 1 is 1.00 bits per heavy atom. The molecule has 0 radical (unpaired) electrons. The molecule has 0 aromatic rings. The lowest BCUT2D eigenvalue weighted by Gasteiger charge is -2.64. The van der Waals surface area contributed by atoms with Gasteiger partial charge in [-0.05, 0) is 81.0 Å². The van der Waals surface area contributed by atoms with E-state index < -0.39 is 0 Å². The fraction of sp³-hybridized carbons (Fsp3) is 0.864. The average molecular weight is 331 g/mol. The largest absolute Gasteiger partial charge is 0.455 e. The number of hydrogen-bond donors (Lipinski definition) is 0. The van der Waals surface area contributed by atoms with E-state index in [9.17, 15) is 4.79 Å². The molecule has 5 aliphatic carbocycles. The molecule has 0 heterocycles. The van der Waals surface area contributed by atoms with E-state index in [-0.39, 0.29) is 11.6 Å². The first kappa shape index (κ1) is 16.7. The van der Waals surface area contributed by atoms with Crippen LogP contribution in [0.2, 0.25) is 0 Å². The Morgan fingerprint density at radius 2 is 1.58 bits per heavy atom. The maximum atomic E-state index is 12.6. The minimum atomic E-state index is -0.183. The molecule has 0 saturated heterocycles. The summed E-state index contributed by atoms with van der Waals surface area (Å²) in [6.07, 6.45) is 10.5. The molecule has 2 nitrogen and oxygen atoms in total. The predicted molar refractivity (Wildman–Crippen MR) is 96.4 cm³/mol. The molecule has 0 spiro atoms. The van der Waals surface area contributed by atoms with Crippen molar-refractivity contribution < 1.29 is 9.53 Å². The van der Waals surface area contributed by atoms with Crippen molar-refractivity contribution in [3.63, 3.8) is 0 Å². The lowest BCUT2D eigenvalue weighted by molar-refractivity contribution is -0.237. The molecular formula is C22H34O2. The SMILES string of the molecule is C=C(C)C(=O)OC1(C2CCCC(C)C2C)C2CC3CC(C2)CC1C3. The fourth-order valence-electron chi connectivity index (χ4n) is 7.23. The maximum Gasteiger partial charge on any atom is 0.333 e. The summed E-state index contributed by atoms with van der Waals surface area (Å²) >= 11 is 0. The second-order valence-corrected chi connectivity index (χ2v) is 9.70. The molecule has 3 unspecified atom stereocenters. The first-order valence-corrected chi connectivity index (χ1v) is 10.3. The summed E-state index contributed by atoms with van der Waals surface area (Å²) < 4.78 is 6.50. The van der Waals surface area contributed by atoms with Gasteiger partial charge < -0.3 is 4.74 Å². The van der Waals surface area contributed by atoms with Crippen molar-refractivity contribution in [2.75, 3.05) is 0 Å². The minimum Gasteiger partial charge on any atom is -0.455 e. The van der Waals surface area contributed by atoms with E-state index in [4.69, 9.17) is 4.74 Å². The van der Waals surface area contributed by atoms with Crippen molar-refractivity contribution in [2.45, 2.75) is 77.7 Å². The van der Waals surface area contributed by atoms with Crippen molar-refractivity contribution in [1.29, 1.82) is 0 Å². The molecule has 134 valence electrons. The van der Waals surface area contributed by atoms with Crippen LogP contribution in [0.4, 0.5) is 0 Å². The summed E-state index contributed by atoms with van der Waals surface area (Å²) in [6, 6.07) is 0. The van der Waals surface area contributed by atoms with Crippen molar-refractivity contribution in [2.24, 2.45) is 41.4 Å². The summed E-state index contributed by atoms with van der Waals surface area (Å²) in [5, 5.41) is 0. The van der Waals surface area contributed by atoms with Gasteiger partial charge in [0, 0.05) is 11.5 Å². The Morgan fingerprint density at radius 3 is 2.12 bits per heavy atom. The maximum absolute atomic E-state index is 12.6. The van der Waals surface area contributed by atoms with Gasteiger partial charge in [0.1, 0.15) is 5.60 Å². The van der Waals surface area contributed by atoms with E-state index in [1.54, 1.807) is 6.92 Å². The zero-order valence-corrected chi connectivity index (χ0v) is 15.7. The molecular weight excluding hydrogens is 296 g/mol. The van der Waals surface area contributed by atoms with Gasteiger partial charge in [0.05, 0.1) is 0 Å². The van der Waals surface area contributed by atoms with Crippen LogP contribution in [-0.4, -0.2) is 11.6 Å². The highest BCUT2D eigenvalue weighted by atomic mass is 16.6. The number of carbonyl (C=O) groups excluding carboxylic acids is 1. The Kier molecular flexibility index (Phi) is 4.09. The minimum absolute atomic E-state index is 0.132. The summed E-state index contributed by atoms with van der Waals surface area (Å²) in [5.41, 5.74) is 0.386. The highest BCUT2D eigenvalue weighted by molar-refractivity contribution is 5.87. The van der Waals surface area contributed by atoms with Gasteiger partial charge in [0.25, 0.3) is 0 Å². The molecule has 0 aromatic heterocycles. The first-order valence-electron chi connectivity index (χ1n) is 10.3. The second kappa shape index (κ2) is 5.88. The average Bonchev–Trinajstić information content (AvgIpc) is 2.53. The normalized spacial score (nSPS) is 49.9. The van der Waals surface area contributed by atoms with Gasteiger partial charge in [0.15, 0.2) is 0 Å². The van der Waals surface area contributed by atoms with Crippen LogP contribution < -0.4 is 0 Å². The van der Waals surface area contributed by atoms with Gasteiger partial charge in [0.2, 0.25) is 0 Å². The highest BCUT2D eigenvalue weighted by Crippen LogP contribution is 2.64. The molecule has 4 bridgehead atoms. The molecule has 3 atom stereocenters. The zero-order chi connectivity index (χ0) is 17.1. The summed E-state index contributed by atoms with van der Waals surface area (Å²) in [7, 11) is 0. The van der Waals surface area contributed by atoms with Gasteiger partial charge >= 0.3 is 5.97 Å². The molecule has 0 aromatic carbocycles. The molecule has 0 aliphatic heterocycles. The van der Waals surface area contributed by atoms with Gasteiger partial charge in [-0.25, -0.2) is 4.79 Å². The Bertz CT molecular complexity index is 506. The van der Waals surface area contributed by atoms with Crippen molar-refractivity contribution in [1.82, 2.24) is 0 Å². The van der Waals surface area contributed by atoms with Gasteiger partial charge in [-0.1, -0.05) is 33.3 Å². The van der Waals surface area contributed by atoms with Gasteiger partial charge in [-0.3, -0.25) is 0 Å². The Hall–Kier alpha value is -0.790. The van der Waals surface area contributed by atoms with E-state index in [1.165, 1.54) is 51.4 Å². The van der Waals surface area contributed by atoms with Crippen molar-refractivity contribution >= 4 is 5.97 Å². The fourth-order valence-corrected chi connectivity index (χ4v) is 7.23. The molecule has 0 amide bonds. The highest BCUT2D eigenvalue weighted by Gasteiger charge is 2.63. The second-order valence-electron chi connectivity index (χ2n) is 9.70. The van der Waals surface area contributed by atoms with Crippen LogP contribution in [0.1, 0.15) is 72.1 Å². The smallest absolute Gasteiger partial charge is 0.333 e. The Labute approximate surface area is 147 Å². The van der Waals surface area contributed by atoms with Crippen LogP contribution in [0.5, 0.6) is 0 Å². The molecule has 2 heteroatoms. The van der Waals surface area contributed by atoms with Crippen LogP contribution in [0.15, 0.2) is 12.2 Å². The number of hydrogen-bond acceptors (Lipinski definition) is 2. The number of carbonyl (C=O) groups is 1. The van der Waals surface area contributed by atoms with E-state index in [0.29, 0.717) is 29.2 Å². The van der Waals surface area contributed by atoms with E-state index in [2.05, 4.69) is 20.4 Å². The van der Waals surface area contributed by atoms with Crippen LogP contribution in [-0.2, 0) is 9.53 Å².